The summed E-state index contributed by atoms with van der Waals surface area (Å²) < 4.78 is 0. The van der Waals surface area contributed by atoms with Crippen LogP contribution in [0.2, 0.25) is 0 Å². The molecule has 0 atom stereocenters. The van der Waals surface area contributed by atoms with Gasteiger partial charge in [0.1, 0.15) is 5.75 Å². The van der Waals surface area contributed by atoms with Crippen LogP contribution in [0.15, 0.2) is 18.2 Å². The minimum absolute atomic E-state index is 0.436. The van der Waals surface area contributed by atoms with E-state index in [-0.39, 0.29) is 0 Å². The Kier molecular flexibility index (Phi) is 2.70. The fraction of sp³-hybridized carbons (Fsp3) is 0.538. The average Bonchev–Trinajstić information content (AvgIpc) is 2.92. The highest BCUT2D eigenvalue weighted by molar-refractivity contribution is 5.39. The summed E-state index contributed by atoms with van der Waals surface area (Å²) in [5.74, 6) is 0.436. The zero-order valence-electron chi connectivity index (χ0n) is 9.51. The Labute approximate surface area is 91.3 Å². The molecule has 0 unspecified atom stereocenters. The van der Waals surface area contributed by atoms with Gasteiger partial charge < -0.3 is 10.4 Å². The van der Waals surface area contributed by atoms with Crippen molar-refractivity contribution in [2.75, 3.05) is 6.54 Å². The van der Waals surface area contributed by atoms with E-state index in [1.54, 1.807) is 0 Å². The number of hydrogen-bond acceptors (Lipinski definition) is 2. The van der Waals surface area contributed by atoms with Gasteiger partial charge in [0.15, 0.2) is 0 Å². The lowest BCUT2D eigenvalue weighted by Crippen LogP contribution is -2.21. The molecule has 0 aromatic heterocycles. The smallest absolute Gasteiger partial charge is 0.122 e. The third kappa shape index (κ3) is 2.51. The van der Waals surface area contributed by atoms with Gasteiger partial charge in [0.2, 0.25) is 0 Å². The lowest BCUT2D eigenvalue weighted by Gasteiger charge is -2.11. The summed E-state index contributed by atoms with van der Waals surface area (Å²) in [5, 5.41) is 13.2. The Hall–Kier alpha value is -1.02. The molecule has 1 aromatic rings. The Morgan fingerprint density at radius 2 is 2.13 bits per heavy atom. The zero-order chi connectivity index (χ0) is 10.9. The first-order valence-electron chi connectivity index (χ1n) is 5.59. The van der Waals surface area contributed by atoms with Crippen LogP contribution in [-0.2, 0) is 6.54 Å². The fourth-order valence-electron chi connectivity index (χ4n) is 1.75. The summed E-state index contributed by atoms with van der Waals surface area (Å²) in [5.41, 5.74) is 2.48. The van der Waals surface area contributed by atoms with Gasteiger partial charge in [0, 0.05) is 18.7 Å². The highest BCUT2D eigenvalue weighted by atomic mass is 16.3. The predicted octanol–water partition coefficient (Wildman–Crippen LogP) is 2.59. The minimum Gasteiger partial charge on any atom is -0.507 e. The van der Waals surface area contributed by atoms with E-state index < -0.39 is 0 Å². The first-order valence-corrected chi connectivity index (χ1v) is 5.59. The van der Waals surface area contributed by atoms with E-state index in [0.717, 1.165) is 24.2 Å². The average molecular weight is 205 g/mol. The molecule has 1 aliphatic rings. The number of nitrogens with one attached hydrogen (secondary N) is 1. The summed E-state index contributed by atoms with van der Waals surface area (Å²) in [6.07, 6.45) is 2.67. The Morgan fingerprint density at radius 3 is 2.80 bits per heavy atom. The summed E-state index contributed by atoms with van der Waals surface area (Å²) in [6.45, 7) is 6.06. The van der Waals surface area contributed by atoms with E-state index >= 15 is 0 Å². The molecule has 2 heteroatoms. The highest BCUT2D eigenvalue weighted by Crippen LogP contribution is 2.44. The van der Waals surface area contributed by atoms with Gasteiger partial charge in [-0.25, -0.2) is 0 Å². The summed E-state index contributed by atoms with van der Waals surface area (Å²) >= 11 is 0. The molecule has 0 heterocycles. The standard InChI is InChI=1S/C13H19NO/c1-10-4-3-5-11(12(10)15)8-14-9-13(2)6-7-13/h3-5,14-15H,6-9H2,1-2H3. The lowest BCUT2D eigenvalue weighted by atomic mass is 10.1. The monoisotopic (exact) mass is 205 g/mol. The van der Waals surface area contributed by atoms with Crippen molar-refractivity contribution < 1.29 is 5.11 Å². The fourth-order valence-corrected chi connectivity index (χ4v) is 1.75. The molecule has 1 fully saturated rings. The topological polar surface area (TPSA) is 32.3 Å². The van der Waals surface area contributed by atoms with Crippen molar-refractivity contribution >= 4 is 0 Å². The van der Waals surface area contributed by atoms with Gasteiger partial charge in [-0.15, -0.1) is 0 Å². The van der Waals surface area contributed by atoms with Crippen molar-refractivity contribution in [3.63, 3.8) is 0 Å². The van der Waals surface area contributed by atoms with Crippen LogP contribution in [0.25, 0.3) is 0 Å². The SMILES string of the molecule is Cc1cccc(CNCC2(C)CC2)c1O. The molecule has 1 aromatic carbocycles. The largest absolute Gasteiger partial charge is 0.507 e. The molecule has 0 amide bonds. The van der Waals surface area contributed by atoms with Gasteiger partial charge in [0.05, 0.1) is 0 Å². The summed E-state index contributed by atoms with van der Waals surface area (Å²) in [6, 6.07) is 5.90. The van der Waals surface area contributed by atoms with Crippen LogP contribution >= 0.6 is 0 Å². The third-order valence-electron chi connectivity index (χ3n) is 3.29. The first kappa shape index (κ1) is 10.5. The third-order valence-corrected chi connectivity index (χ3v) is 3.29. The van der Waals surface area contributed by atoms with Gasteiger partial charge >= 0.3 is 0 Å². The van der Waals surface area contributed by atoms with Crippen molar-refractivity contribution in [3.8, 4) is 5.75 Å². The van der Waals surface area contributed by atoms with E-state index in [0.29, 0.717) is 11.2 Å². The van der Waals surface area contributed by atoms with Crippen LogP contribution in [-0.4, -0.2) is 11.7 Å². The van der Waals surface area contributed by atoms with Gasteiger partial charge in [-0.3, -0.25) is 0 Å². The minimum atomic E-state index is 0.436. The van der Waals surface area contributed by atoms with E-state index in [4.69, 9.17) is 0 Å². The van der Waals surface area contributed by atoms with E-state index in [2.05, 4.69) is 12.2 Å². The molecule has 0 bridgehead atoms. The second-order valence-electron chi connectivity index (χ2n) is 5.00. The predicted molar refractivity (Wildman–Crippen MR) is 61.9 cm³/mol. The Bertz CT molecular complexity index is 356. The van der Waals surface area contributed by atoms with Crippen LogP contribution in [0, 0.1) is 12.3 Å². The normalized spacial score (nSPS) is 17.7. The number of rotatable bonds is 4. The quantitative estimate of drug-likeness (QED) is 0.792. The second kappa shape index (κ2) is 3.86. The summed E-state index contributed by atoms with van der Waals surface area (Å²) in [7, 11) is 0. The van der Waals surface area contributed by atoms with E-state index in [1.165, 1.54) is 12.8 Å². The molecule has 1 saturated carbocycles. The van der Waals surface area contributed by atoms with Crippen LogP contribution < -0.4 is 5.32 Å². The molecule has 82 valence electrons. The van der Waals surface area contributed by atoms with Crippen LogP contribution in [0.3, 0.4) is 0 Å². The maximum atomic E-state index is 9.80. The number of benzene rings is 1. The number of phenols is 1. The van der Waals surface area contributed by atoms with Gasteiger partial charge in [0.25, 0.3) is 0 Å². The zero-order valence-corrected chi connectivity index (χ0v) is 9.51. The maximum absolute atomic E-state index is 9.80. The van der Waals surface area contributed by atoms with Crippen LogP contribution in [0.1, 0.15) is 30.9 Å². The molecular formula is C13H19NO. The first-order chi connectivity index (χ1) is 7.11. The van der Waals surface area contributed by atoms with Gasteiger partial charge in [-0.05, 0) is 30.7 Å². The second-order valence-corrected chi connectivity index (χ2v) is 5.00. The molecule has 0 saturated heterocycles. The Balaban J connectivity index is 1.90. The number of aromatic hydroxyl groups is 1. The van der Waals surface area contributed by atoms with Gasteiger partial charge in [-0.2, -0.15) is 0 Å². The molecule has 0 aliphatic heterocycles. The summed E-state index contributed by atoms with van der Waals surface area (Å²) in [4.78, 5) is 0. The number of phenolic OH excluding ortho intramolecular Hbond substituents is 1. The van der Waals surface area contributed by atoms with E-state index in [9.17, 15) is 5.11 Å². The molecule has 0 radical (unpaired) electrons. The van der Waals surface area contributed by atoms with E-state index in [1.807, 2.05) is 25.1 Å². The van der Waals surface area contributed by atoms with Crippen molar-refractivity contribution in [3.05, 3.63) is 29.3 Å². The Morgan fingerprint density at radius 1 is 1.40 bits per heavy atom. The lowest BCUT2D eigenvalue weighted by molar-refractivity contribution is 0.452. The number of hydrogen-bond donors (Lipinski definition) is 2. The molecule has 1 aliphatic carbocycles. The molecule has 2 nitrogen and oxygen atoms in total. The van der Waals surface area contributed by atoms with Gasteiger partial charge in [-0.1, -0.05) is 25.1 Å². The maximum Gasteiger partial charge on any atom is 0.122 e. The molecule has 2 rings (SSSR count). The van der Waals surface area contributed by atoms with Crippen molar-refractivity contribution in [1.82, 2.24) is 5.32 Å². The van der Waals surface area contributed by atoms with Crippen molar-refractivity contribution in [2.24, 2.45) is 5.41 Å². The molecular weight excluding hydrogens is 186 g/mol. The highest BCUT2D eigenvalue weighted by Gasteiger charge is 2.36. The molecule has 0 spiro atoms. The number of para-hydroxylation sites is 1. The van der Waals surface area contributed by atoms with Crippen LogP contribution in [0.4, 0.5) is 0 Å². The van der Waals surface area contributed by atoms with Crippen LogP contribution in [0.5, 0.6) is 5.75 Å². The van der Waals surface area contributed by atoms with Crippen molar-refractivity contribution in [2.45, 2.75) is 33.2 Å². The molecule has 15 heavy (non-hydrogen) atoms. The molecule has 2 N–H and O–H groups in total. The number of aryl methyl sites for hydroxylation is 1. The van der Waals surface area contributed by atoms with Crippen molar-refractivity contribution in [1.29, 1.82) is 0 Å².